The Hall–Kier alpha value is -1.76. The van der Waals surface area contributed by atoms with Crippen molar-refractivity contribution in [1.29, 1.82) is 0 Å². The van der Waals surface area contributed by atoms with E-state index >= 15 is 0 Å². The Morgan fingerprint density at radius 1 is 1.06 bits per heavy atom. The van der Waals surface area contributed by atoms with E-state index in [2.05, 4.69) is 36.4 Å². The average Bonchev–Trinajstić information content (AvgIpc) is 2.40. The average molecular weight is 238 g/mol. The van der Waals surface area contributed by atoms with Crippen molar-refractivity contribution in [3.05, 3.63) is 65.2 Å². The Morgan fingerprint density at radius 2 is 1.89 bits per heavy atom. The van der Waals surface area contributed by atoms with E-state index in [4.69, 9.17) is 0 Å². The van der Waals surface area contributed by atoms with Crippen molar-refractivity contribution in [3.63, 3.8) is 0 Å². The quantitative estimate of drug-likeness (QED) is 0.836. The van der Waals surface area contributed by atoms with Crippen molar-refractivity contribution in [2.45, 2.75) is 31.6 Å². The van der Waals surface area contributed by atoms with Gasteiger partial charge in [-0.25, -0.2) is 0 Å². The first-order valence-corrected chi connectivity index (χ1v) is 6.68. The molecule has 1 heteroatoms. The maximum atomic E-state index is 9.56. The first-order chi connectivity index (χ1) is 8.83. The van der Waals surface area contributed by atoms with Gasteiger partial charge in [0.05, 0.1) is 0 Å². The molecule has 0 radical (unpaired) electrons. The summed E-state index contributed by atoms with van der Waals surface area (Å²) in [5, 5.41) is 9.56. The minimum absolute atomic E-state index is 0.397. The van der Waals surface area contributed by atoms with Crippen molar-refractivity contribution in [1.82, 2.24) is 0 Å². The second kappa shape index (κ2) is 4.85. The smallest absolute Gasteiger partial charge is 0.115 e. The van der Waals surface area contributed by atoms with Crippen LogP contribution in [0, 0.1) is 0 Å². The molecule has 2 aromatic rings. The lowest BCUT2D eigenvalue weighted by atomic mass is 9.79. The summed E-state index contributed by atoms with van der Waals surface area (Å²) in [4.78, 5) is 0. The van der Waals surface area contributed by atoms with Gasteiger partial charge in [0.1, 0.15) is 5.75 Å². The van der Waals surface area contributed by atoms with Crippen molar-refractivity contribution in [2.75, 3.05) is 0 Å². The van der Waals surface area contributed by atoms with E-state index in [0.717, 1.165) is 12.8 Å². The summed E-state index contributed by atoms with van der Waals surface area (Å²) in [6, 6.07) is 16.6. The third-order valence-corrected chi connectivity index (χ3v) is 3.89. The Morgan fingerprint density at radius 3 is 2.72 bits per heavy atom. The van der Waals surface area contributed by atoms with Crippen LogP contribution in [0.5, 0.6) is 5.75 Å². The summed E-state index contributed by atoms with van der Waals surface area (Å²) in [6.45, 7) is 0. The van der Waals surface area contributed by atoms with Gasteiger partial charge in [0.15, 0.2) is 0 Å². The first-order valence-electron chi connectivity index (χ1n) is 6.68. The Labute approximate surface area is 108 Å². The second-order valence-electron chi connectivity index (χ2n) is 5.16. The highest BCUT2D eigenvalue weighted by atomic mass is 16.3. The maximum absolute atomic E-state index is 9.56. The highest BCUT2D eigenvalue weighted by Gasteiger charge is 2.20. The van der Waals surface area contributed by atoms with Gasteiger partial charge in [-0.05, 0) is 60.4 Å². The highest BCUT2D eigenvalue weighted by molar-refractivity contribution is 5.39. The highest BCUT2D eigenvalue weighted by Crippen LogP contribution is 2.35. The molecule has 0 amide bonds. The van der Waals surface area contributed by atoms with Crippen molar-refractivity contribution < 1.29 is 5.11 Å². The molecule has 0 aromatic heterocycles. The van der Waals surface area contributed by atoms with Crippen LogP contribution in [0.3, 0.4) is 0 Å². The zero-order valence-corrected chi connectivity index (χ0v) is 10.5. The van der Waals surface area contributed by atoms with Gasteiger partial charge in [-0.1, -0.05) is 36.4 Å². The van der Waals surface area contributed by atoms with Crippen LogP contribution in [0.4, 0.5) is 0 Å². The molecule has 0 saturated heterocycles. The summed E-state index contributed by atoms with van der Waals surface area (Å²) in [6.07, 6.45) is 4.70. The molecular formula is C17H18O. The van der Waals surface area contributed by atoms with Crippen molar-refractivity contribution in [3.8, 4) is 5.75 Å². The molecule has 0 spiro atoms. The summed E-state index contributed by atoms with van der Waals surface area (Å²) in [5.41, 5.74) is 4.17. The standard InChI is InChI=1S/C17H18O/c18-16-9-10-17-14(7-4-8-15(17)12-16)11-13-5-2-1-3-6-13/h1-3,5-6,9-10,12,14,18H,4,7-8,11H2/t14-/m0/s1. The summed E-state index contributed by atoms with van der Waals surface area (Å²) in [7, 11) is 0. The van der Waals surface area contributed by atoms with Crippen LogP contribution in [-0.2, 0) is 12.8 Å². The Bertz CT molecular complexity index is 531. The summed E-state index contributed by atoms with van der Waals surface area (Å²) in [5.74, 6) is 1.01. The van der Waals surface area contributed by atoms with E-state index in [-0.39, 0.29) is 0 Å². The molecule has 2 aromatic carbocycles. The third kappa shape index (κ3) is 2.26. The van der Waals surface area contributed by atoms with Crippen molar-refractivity contribution in [2.24, 2.45) is 0 Å². The van der Waals surface area contributed by atoms with Gasteiger partial charge >= 0.3 is 0 Å². The topological polar surface area (TPSA) is 20.2 Å². The maximum Gasteiger partial charge on any atom is 0.115 e. The minimum Gasteiger partial charge on any atom is -0.508 e. The van der Waals surface area contributed by atoms with E-state index in [1.807, 2.05) is 12.1 Å². The van der Waals surface area contributed by atoms with Crippen LogP contribution >= 0.6 is 0 Å². The molecule has 18 heavy (non-hydrogen) atoms. The fraction of sp³-hybridized carbons (Fsp3) is 0.294. The van der Waals surface area contributed by atoms with E-state index < -0.39 is 0 Å². The summed E-state index contributed by atoms with van der Waals surface area (Å²) >= 11 is 0. The van der Waals surface area contributed by atoms with Gasteiger partial charge < -0.3 is 5.11 Å². The molecule has 1 N–H and O–H groups in total. The fourth-order valence-corrected chi connectivity index (χ4v) is 3.01. The lowest BCUT2D eigenvalue weighted by Crippen LogP contribution is -2.11. The molecule has 0 aliphatic heterocycles. The molecule has 0 fully saturated rings. The molecule has 92 valence electrons. The van der Waals surface area contributed by atoms with Gasteiger partial charge in [-0.2, -0.15) is 0 Å². The molecule has 0 heterocycles. The van der Waals surface area contributed by atoms with Crippen LogP contribution in [0.2, 0.25) is 0 Å². The van der Waals surface area contributed by atoms with Gasteiger partial charge in [-0.15, -0.1) is 0 Å². The van der Waals surface area contributed by atoms with Crippen LogP contribution in [-0.4, -0.2) is 5.11 Å². The summed E-state index contributed by atoms with van der Waals surface area (Å²) < 4.78 is 0. The monoisotopic (exact) mass is 238 g/mol. The molecular weight excluding hydrogens is 220 g/mol. The number of rotatable bonds is 2. The molecule has 0 unspecified atom stereocenters. The van der Waals surface area contributed by atoms with E-state index in [1.165, 1.54) is 29.5 Å². The third-order valence-electron chi connectivity index (χ3n) is 3.89. The van der Waals surface area contributed by atoms with E-state index in [9.17, 15) is 5.11 Å². The zero-order chi connectivity index (χ0) is 12.4. The van der Waals surface area contributed by atoms with E-state index in [0.29, 0.717) is 11.7 Å². The zero-order valence-electron chi connectivity index (χ0n) is 10.5. The molecule has 0 saturated carbocycles. The molecule has 1 aliphatic rings. The van der Waals surface area contributed by atoms with Crippen LogP contribution in [0.1, 0.15) is 35.4 Å². The first kappa shape index (κ1) is 11.3. The molecule has 1 aliphatic carbocycles. The second-order valence-corrected chi connectivity index (χ2v) is 5.16. The number of benzene rings is 2. The van der Waals surface area contributed by atoms with Crippen LogP contribution < -0.4 is 0 Å². The lowest BCUT2D eigenvalue weighted by Gasteiger charge is -2.25. The number of phenols is 1. The van der Waals surface area contributed by atoms with Gasteiger partial charge in [0.2, 0.25) is 0 Å². The predicted octanol–water partition coefficient (Wildman–Crippen LogP) is 4.05. The SMILES string of the molecule is Oc1ccc2c(c1)CCC[C@H]2Cc1ccccc1. The minimum atomic E-state index is 0.397. The Balaban J connectivity index is 1.87. The molecule has 1 atom stereocenters. The fourth-order valence-electron chi connectivity index (χ4n) is 3.01. The van der Waals surface area contributed by atoms with Gasteiger partial charge in [-0.3, -0.25) is 0 Å². The number of aryl methyl sites for hydroxylation is 1. The molecule has 0 bridgehead atoms. The van der Waals surface area contributed by atoms with Gasteiger partial charge in [0, 0.05) is 0 Å². The lowest BCUT2D eigenvalue weighted by molar-refractivity contribution is 0.471. The molecule has 1 nitrogen and oxygen atoms in total. The Kier molecular flexibility index (Phi) is 3.06. The van der Waals surface area contributed by atoms with Gasteiger partial charge in [0.25, 0.3) is 0 Å². The number of aromatic hydroxyl groups is 1. The largest absolute Gasteiger partial charge is 0.508 e. The van der Waals surface area contributed by atoms with Crippen LogP contribution in [0.15, 0.2) is 48.5 Å². The van der Waals surface area contributed by atoms with Crippen LogP contribution in [0.25, 0.3) is 0 Å². The number of phenolic OH excluding ortho intramolecular Hbond substituents is 1. The van der Waals surface area contributed by atoms with Crippen molar-refractivity contribution >= 4 is 0 Å². The number of fused-ring (bicyclic) bond motifs is 1. The normalized spacial score (nSPS) is 18.3. The number of hydrogen-bond acceptors (Lipinski definition) is 1. The number of hydrogen-bond donors (Lipinski definition) is 1. The van der Waals surface area contributed by atoms with E-state index in [1.54, 1.807) is 0 Å². The predicted molar refractivity (Wildman–Crippen MR) is 73.9 cm³/mol. The molecule has 3 rings (SSSR count).